The molecule has 0 saturated carbocycles. The predicted octanol–water partition coefficient (Wildman–Crippen LogP) is -0.241. The monoisotopic (exact) mass is 491 g/mol. The Labute approximate surface area is 206 Å². The van der Waals surface area contributed by atoms with Crippen molar-refractivity contribution in [2.24, 2.45) is 11.6 Å². The van der Waals surface area contributed by atoms with Crippen LogP contribution in [0.2, 0.25) is 0 Å². The van der Waals surface area contributed by atoms with Gasteiger partial charge in [-0.25, -0.2) is 10.9 Å². The van der Waals surface area contributed by atoms with Crippen molar-refractivity contribution in [1.82, 2.24) is 15.2 Å². The lowest BCUT2D eigenvalue weighted by Gasteiger charge is -2.26. The van der Waals surface area contributed by atoms with E-state index in [-0.39, 0.29) is 40.3 Å². The molecule has 0 radical (unpaired) electrons. The molecule has 2 atom stereocenters. The number of carbonyl (C=O) groups excluding carboxylic acids is 6. The first-order chi connectivity index (χ1) is 17.2. The van der Waals surface area contributed by atoms with Gasteiger partial charge >= 0.3 is 0 Å². The topological polar surface area (TPSA) is 173 Å². The Bertz CT molecular complexity index is 1310. The fourth-order valence-corrected chi connectivity index (χ4v) is 4.59. The third-order valence-electron chi connectivity index (χ3n) is 6.42. The third kappa shape index (κ3) is 4.18. The molecule has 11 heteroatoms. The molecule has 1 saturated heterocycles. The van der Waals surface area contributed by atoms with Crippen molar-refractivity contribution in [3.8, 4) is 0 Å². The van der Waals surface area contributed by atoms with E-state index in [0.29, 0.717) is 24.4 Å². The standard InChI is InChI=1S/C25H25N5O6/c1-13(28-23(34)18-10-5-11-29(18)19(31)12-26)24(35)30(27)25(36)17-9-4-8-16-20(17)22(33)15-7-3-2-6-14(15)21(16)32/h2-4,6-9,13,18H,5,10-12,26-27H2,1H3,(H,28,34)/t13-,18-/m0/s1. The fraction of sp³-hybridized carbons (Fsp3) is 0.280. The molecule has 1 aliphatic heterocycles. The molecule has 0 spiro atoms. The molecule has 4 amide bonds. The summed E-state index contributed by atoms with van der Waals surface area (Å²) in [6.07, 6.45) is 1.03. The minimum absolute atomic E-state index is 0.0395. The second-order valence-corrected chi connectivity index (χ2v) is 8.62. The van der Waals surface area contributed by atoms with Gasteiger partial charge in [-0.15, -0.1) is 0 Å². The van der Waals surface area contributed by atoms with E-state index in [0.717, 1.165) is 0 Å². The smallest absolute Gasteiger partial charge is 0.275 e. The maximum absolute atomic E-state index is 13.2. The molecular formula is C25H25N5O6. The molecular weight excluding hydrogens is 466 g/mol. The Morgan fingerprint density at radius 1 is 1.03 bits per heavy atom. The van der Waals surface area contributed by atoms with E-state index >= 15 is 0 Å². The second-order valence-electron chi connectivity index (χ2n) is 8.62. The van der Waals surface area contributed by atoms with Gasteiger partial charge in [-0.05, 0) is 25.8 Å². The van der Waals surface area contributed by atoms with E-state index < -0.39 is 41.4 Å². The Morgan fingerprint density at radius 3 is 2.33 bits per heavy atom. The number of amides is 4. The van der Waals surface area contributed by atoms with E-state index in [1.54, 1.807) is 12.1 Å². The molecule has 2 aliphatic rings. The lowest BCUT2D eigenvalue weighted by Crippen LogP contribution is -2.56. The molecule has 5 N–H and O–H groups in total. The van der Waals surface area contributed by atoms with Crippen LogP contribution in [0.15, 0.2) is 42.5 Å². The second kappa shape index (κ2) is 9.80. The van der Waals surface area contributed by atoms with Gasteiger partial charge in [0.05, 0.1) is 12.1 Å². The van der Waals surface area contributed by atoms with Crippen molar-refractivity contribution in [3.63, 3.8) is 0 Å². The first-order valence-corrected chi connectivity index (χ1v) is 11.4. The highest BCUT2D eigenvalue weighted by Gasteiger charge is 2.37. The van der Waals surface area contributed by atoms with Gasteiger partial charge in [0.15, 0.2) is 11.6 Å². The van der Waals surface area contributed by atoms with Crippen molar-refractivity contribution in [2.75, 3.05) is 13.1 Å². The SMILES string of the molecule is C[C@H](NC(=O)[C@@H]1CCCN1C(=O)CN)C(=O)N(N)C(=O)c1cccc2c1C(=O)c1ccccc1C2=O. The average Bonchev–Trinajstić information content (AvgIpc) is 3.40. The number of nitrogens with two attached hydrogens (primary N) is 2. The first-order valence-electron chi connectivity index (χ1n) is 11.4. The van der Waals surface area contributed by atoms with Crippen LogP contribution in [0.3, 0.4) is 0 Å². The highest BCUT2D eigenvalue weighted by Crippen LogP contribution is 2.30. The summed E-state index contributed by atoms with van der Waals surface area (Å²) in [6.45, 7) is 1.49. The molecule has 4 rings (SSSR count). The maximum atomic E-state index is 13.2. The number of imide groups is 1. The molecule has 36 heavy (non-hydrogen) atoms. The highest BCUT2D eigenvalue weighted by atomic mass is 16.2. The molecule has 11 nitrogen and oxygen atoms in total. The average molecular weight is 492 g/mol. The minimum atomic E-state index is -1.21. The molecule has 1 heterocycles. The van der Waals surface area contributed by atoms with Gasteiger partial charge in [-0.1, -0.05) is 36.4 Å². The summed E-state index contributed by atoms with van der Waals surface area (Å²) in [5.74, 6) is 2.01. The van der Waals surface area contributed by atoms with Gasteiger partial charge in [0.2, 0.25) is 11.8 Å². The molecule has 2 aromatic rings. The number of fused-ring (bicyclic) bond motifs is 2. The van der Waals surface area contributed by atoms with E-state index in [1.807, 2.05) is 0 Å². The van der Waals surface area contributed by atoms with E-state index in [4.69, 9.17) is 11.6 Å². The van der Waals surface area contributed by atoms with Crippen LogP contribution in [0.4, 0.5) is 0 Å². The number of ketones is 2. The summed E-state index contributed by atoms with van der Waals surface area (Å²) in [5, 5.41) is 2.81. The van der Waals surface area contributed by atoms with Gasteiger partial charge in [0, 0.05) is 28.8 Å². The van der Waals surface area contributed by atoms with Crippen LogP contribution < -0.4 is 16.9 Å². The van der Waals surface area contributed by atoms with E-state index in [1.165, 1.54) is 42.2 Å². The lowest BCUT2D eigenvalue weighted by atomic mass is 9.81. The van der Waals surface area contributed by atoms with Gasteiger partial charge in [-0.2, -0.15) is 0 Å². The van der Waals surface area contributed by atoms with Crippen molar-refractivity contribution in [3.05, 3.63) is 70.3 Å². The number of hydrazine groups is 1. The minimum Gasteiger partial charge on any atom is -0.343 e. The summed E-state index contributed by atoms with van der Waals surface area (Å²) < 4.78 is 0. The molecule has 0 unspecified atom stereocenters. The zero-order valence-corrected chi connectivity index (χ0v) is 19.5. The van der Waals surface area contributed by atoms with Crippen LogP contribution in [0, 0.1) is 0 Å². The van der Waals surface area contributed by atoms with Crippen molar-refractivity contribution >= 4 is 35.2 Å². The summed E-state index contributed by atoms with van der Waals surface area (Å²) in [7, 11) is 0. The predicted molar refractivity (Wildman–Crippen MR) is 127 cm³/mol. The van der Waals surface area contributed by atoms with Crippen LogP contribution in [-0.4, -0.2) is 70.3 Å². The number of carbonyl (C=O) groups is 6. The number of benzene rings is 2. The van der Waals surface area contributed by atoms with Crippen LogP contribution in [0.1, 0.15) is 62.0 Å². The molecule has 0 bridgehead atoms. The Hall–Kier alpha value is -4.22. The Morgan fingerprint density at radius 2 is 1.67 bits per heavy atom. The molecule has 2 aromatic carbocycles. The van der Waals surface area contributed by atoms with Crippen molar-refractivity contribution in [2.45, 2.75) is 31.8 Å². The number of nitrogens with zero attached hydrogens (tertiary/aromatic N) is 2. The van der Waals surface area contributed by atoms with Crippen molar-refractivity contribution < 1.29 is 28.8 Å². The maximum Gasteiger partial charge on any atom is 0.275 e. The van der Waals surface area contributed by atoms with Gasteiger partial charge in [0.25, 0.3) is 11.8 Å². The van der Waals surface area contributed by atoms with E-state index in [9.17, 15) is 28.8 Å². The molecule has 1 aliphatic carbocycles. The number of hydrogen-bond acceptors (Lipinski definition) is 8. The summed E-state index contributed by atoms with van der Waals surface area (Å²) in [4.78, 5) is 78.2. The quantitative estimate of drug-likeness (QED) is 0.249. The van der Waals surface area contributed by atoms with Crippen LogP contribution in [0.25, 0.3) is 0 Å². The summed E-state index contributed by atoms with van der Waals surface area (Å²) in [6, 6.07) is 8.45. The summed E-state index contributed by atoms with van der Waals surface area (Å²) in [5.41, 5.74) is 5.49. The zero-order valence-electron chi connectivity index (χ0n) is 19.5. The summed E-state index contributed by atoms with van der Waals surface area (Å²) >= 11 is 0. The first kappa shape index (κ1) is 24.9. The fourth-order valence-electron chi connectivity index (χ4n) is 4.59. The molecule has 1 fully saturated rings. The van der Waals surface area contributed by atoms with Crippen LogP contribution in [-0.2, 0) is 14.4 Å². The Balaban J connectivity index is 1.53. The van der Waals surface area contributed by atoms with Crippen LogP contribution in [0.5, 0.6) is 0 Å². The lowest BCUT2D eigenvalue weighted by molar-refractivity contribution is -0.139. The van der Waals surface area contributed by atoms with Gasteiger partial charge in [-0.3, -0.25) is 28.8 Å². The number of likely N-dealkylation sites (tertiary alicyclic amines) is 1. The van der Waals surface area contributed by atoms with Gasteiger partial charge in [0.1, 0.15) is 12.1 Å². The Kier molecular flexibility index (Phi) is 6.77. The molecule has 0 aromatic heterocycles. The van der Waals surface area contributed by atoms with Crippen LogP contribution >= 0.6 is 0 Å². The zero-order chi connectivity index (χ0) is 26.1. The number of hydrogen-bond donors (Lipinski definition) is 3. The van der Waals surface area contributed by atoms with Crippen molar-refractivity contribution in [1.29, 1.82) is 0 Å². The van der Waals surface area contributed by atoms with Gasteiger partial charge < -0.3 is 16.0 Å². The van der Waals surface area contributed by atoms with E-state index in [2.05, 4.69) is 5.32 Å². The highest BCUT2D eigenvalue weighted by molar-refractivity contribution is 6.31. The normalized spacial score (nSPS) is 17.2. The third-order valence-corrected chi connectivity index (χ3v) is 6.42. The molecule has 186 valence electrons. The largest absolute Gasteiger partial charge is 0.343 e. The number of nitrogens with one attached hydrogen (secondary N) is 1. The number of rotatable bonds is 5.